The largest absolute Gasteiger partial charge is 0.421 e. The average molecular weight is 521 g/mol. The van der Waals surface area contributed by atoms with Gasteiger partial charge in [0.2, 0.25) is 5.95 Å². The van der Waals surface area contributed by atoms with Gasteiger partial charge in [-0.3, -0.25) is 0 Å². The van der Waals surface area contributed by atoms with Crippen molar-refractivity contribution in [2.24, 2.45) is 0 Å². The Bertz CT molecular complexity index is 1070. The predicted octanol–water partition coefficient (Wildman–Crippen LogP) is 3.77. The lowest BCUT2D eigenvalue weighted by molar-refractivity contribution is -0.137. The van der Waals surface area contributed by atoms with Gasteiger partial charge in [-0.1, -0.05) is 6.92 Å². The second-order valence-electron chi connectivity index (χ2n) is 9.42. The average Bonchev–Trinajstić information content (AvgIpc) is 2.88. The fourth-order valence-corrected chi connectivity index (χ4v) is 4.53. The molecule has 0 spiro atoms. The monoisotopic (exact) mass is 520 g/mol. The molecular weight excluding hydrogens is 485 g/mol. The molecule has 1 aromatic carbocycles. The third kappa shape index (κ3) is 6.94. The number of nitrogens with zero attached hydrogens (tertiary/aromatic N) is 5. The van der Waals surface area contributed by atoms with Gasteiger partial charge in [0.05, 0.1) is 0 Å². The Balaban J connectivity index is 1.45. The van der Waals surface area contributed by atoms with Crippen LogP contribution in [0.2, 0.25) is 0 Å². The van der Waals surface area contributed by atoms with Crippen molar-refractivity contribution in [3.63, 3.8) is 0 Å². The van der Waals surface area contributed by atoms with Crippen LogP contribution in [0.1, 0.15) is 30.9 Å². The first-order valence-corrected chi connectivity index (χ1v) is 12.8. The van der Waals surface area contributed by atoms with Gasteiger partial charge in [-0.15, -0.1) is 0 Å². The number of carbonyl (C=O) groups is 1. The third-order valence-electron chi connectivity index (χ3n) is 6.74. The van der Waals surface area contributed by atoms with Crippen LogP contribution in [0.5, 0.6) is 0 Å². The van der Waals surface area contributed by atoms with Crippen LogP contribution in [-0.2, 0) is 12.6 Å². The van der Waals surface area contributed by atoms with Gasteiger partial charge in [-0.2, -0.15) is 18.2 Å². The highest BCUT2D eigenvalue weighted by Crippen LogP contribution is 2.34. The number of nitrogens with one attached hydrogen (secondary N) is 3. The SMILES string of the molecule is CCc1cc(N2CCN(C)CC2)ccc1Nc1ncc(C(F)(F)F)c(NCCCN2CCCNC2=O)n1. The molecule has 3 N–H and O–H groups in total. The van der Waals surface area contributed by atoms with E-state index in [-0.39, 0.29) is 24.3 Å². The summed E-state index contributed by atoms with van der Waals surface area (Å²) in [5, 5.41) is 8.68. The number of halogens is 3. The Morgan fingerprint density at radius 3 is 2.62 bits per heavy atom. The molecule has 0 unspecified atom stereocenters. The number of aryl methyl sites for hydroxylation is 1. The Labute approximate surface area is 215 Å². The molecule has 0 saturated carbocycles. The standard InChI is InChI=1S/C25H35F3N8O/c1-3-18-16-19(35-14-12-34(2)13-15-35)6-7-21(18)32-23-31-17-20(25(26,27)28)22(33-23)29-8-4-10-36-11-5-9-30-24(36)37/h6-7,16-17H,3-5,8-15H2,1-2H3,(H,30,37)(H2,29,31,32,33). The summed E-state index contributed by atoms with van der Waals surface area (Å²) < 4.78 is 40.8. The minimum Gasteiger partial charge on any atom is -0.369 e. The number of hydrogen-bond donors (Lipinski definition) is 3. The Morgan fingerprint density at radius 1 is 1.14 bits per heavy atom. The number of amides is 2. The molecular formula is C25H35F3N8O. The summed E-state index contributed by atoms with van der Waals surface area (Å²) >= 11 is 0. The van der Waals surface area contributed by atoms with Crippen molar-refractivity contribution in [2.45, 2.75) is 32.4 Å². The van der Waals surface area contributed by atoms with Crippen LogP contribution in [0.25, 0.3) is 0 Å². The first kappa shape index (κ1) is 26.8. The highest BCUT2D eigenvalue weighted by Gasteiger charge is 2.35. The van der Waals surface area contributed by atoms with E-state index < -0.39 is 11.7 Å². The van der Waals surface area contributed by atoms with Crippen molar-refractivity contribution in [3.8, 4) is 0 Å². The third-order valence-corrected chi connectivity index (χ3v) is 6.74. The number of urea groups is 1. The summed E-state index contributed by atoms with van der Waals surface area (Å²) in [7, 11) is 2.11. The first-order chi connectivity index (χ1) is 17.7. The summed E-state index contributed by atoms with van der Waals surface area (Å²) in [4.78, 5) is 26.3. The smallest absolute Gasteiger partial charge is 0.369 e. The highest BCUT2D eigenvalue weighted by atomic mass is 19.4. The second-order valence-corrected chi connectivity index (χ2v) is 9.42. The van der Waals surface area contributed by atoms with Gasteiger partial charge in [0, 0.05) is 69.9 Å². The lowest BCUT2D eigenvalue weighted by atomic mass is 10.1. The molecule has 37 heavy (non-hydrogen) atoms. The molecule has 1 aromatic heterocycles. The second kappa shape index (κ2) is 11.8. The molecule has 4 rings (SSSR count). The van der Waals surface area contributed by atoms with Gasteiger partial charge in [-0.05, 0) is 50.1 Å². The van der Waals surface area contributed by atoms with Gasteiger partial charge in [0.15, 0.2) is 0 Å². The number of rotatable bonds is 9. The predicted molar refractivity (Wildman–Crippen MR) is 139 cm³/mol. The molecule has 9 nitrogen and oxygen atoms in total. The van der Waals surface area contributed by atoms with Crippen LogP contribution in [0.4, 0.5) is 41.1 Å². The first-order valence-electron chi connectivity index (χ1n) is 12.8. The maximum absolute atomic E-state index is 13.6. The molecule has 0 aliphatic carbocycles. The van der Waals surface area contributed by atoms with Gasteiger partial charge >= 0.3 is 12.2 Å². The molecule has 202 valence electrons. The minimum absolute atomic E-state index is 0.0907. The highest BCUT2D eigenvalue weighted by molar-refractivity contribution is 5.74. The molecule has 2 amide bonds. The lowest BCUT2D eigenvalue weighted by Gasteiger charge is -2.34. The van der Waals surface area contributed by atoms with E-state index in [0.717, 1.165) is 62.2 Å². The van der Waals surface area contributed by atoms with Crippen molar-refractivity contribution in [3.05, 3.63) is 35.5 Å². The fourth-order valence-electron chi connectivity index (χ4n) is 4.53. The number of alkyl halides is 3. The lowest BCUT2D eigenvalue weighted by Crippen LogP contribution is -2.46. The van der Waals surface area contributed by atoms with Crippen LogP contribution < -0.4 is 20.9 Å². The molecule has 2 aromatic rings. The molecule has 2 saturated heterocycles. The molecule has 0 atom stereocenters. The van der Waals surface area contributed by atoms with E-state index in [9.17, 15) is 18.0 Å². The van der Waals surface area contributed by atoms with E-state index in [1.165, 1.54) is 0 Å². The number of carbonyl (C=O) groups excluding carboxylic acids is 1. The van der Waals surface area contributed by atoms with Crippen molar-refractivity contribution in [1.82, 2.24) is 25.1 Å². The van der Waals surface area contributed by atoms with Crippen LogP contribution in [0, 0.1) is 0 Å². The van der Waals surface area contributed by atoms with Crippen LogP contribution in [-0.4, -0.2) is 85.2 Å². The Kier molecular flexibility index (Phi) is 8.57. The van der Waals surface area contributed by atoms with Gasteiger partial charge < -0.3 is 30.7 Å². The number of benzene rings is 1. The molecule has 0 radical (unpaired) electrons. The molecule has 0 bridgehead atoms. The summed E-state index contributed by atoms with van der Waals surface area (Å²) in [6.07, 6.45) is -1.69. The quantitative estimate of drug-likeness (QED) is 0.434. The van der Waals surface area contributed by atoms with Gasteiger partial charge in [0.25, 0.3) is 0 Å². The molecule has 2 fully saturated rings. The molecule has 12 heteroatoms. The zero-order valence-corrected chi connectivity index (χ0v) is 21.4. The number of piperazine rings is 1. The molecule has 3 heterocycles. The number of anilines is 4. The normalized spacial score (nSPS) is 17.1. The minimum atomic E-state index is -4.59. The van der Waals surface area contributed by atoms with E-state index in [0.29, 0.717) is 26.1 Å². The zero-order chi connectivity index (χ0) is 26.4. The van der Waals surface area contributed by atoms with Crippen LogP contribution >= 0.6 is 0 Å². The number of likely N-dealkylation sites (N-methyl/N-ethyl adjacent to an activating group) is 1. The van der Waals surface area contributed by atoms with Crippen LogP contribution in [0.3, 0.4) is 0 Å². The van der Waals surface area contributed by atoms with Crippen molar-refractivity contribution in [1.29, 1.82) is 0 Å². The van der Waals surface area contributed by atoms with Gasteiger partial charge in [0.1, 0.15) is 11.4 Å². The van der Waals surface area contributed by atoms with E-state index >= 15 is 0 Å². The van der Waals surface area contributed by atoms with E-state index in [1.54, 1.807) is 4.90 Å². The molecule has 2 aliphatic heterocycles. The van der Waals surface area contributed by atoms with Crippen molar-refractivity contribution < 1.29 is 18.0 Å². The maximum Gasteiger partial charge on any atom is 0.421 e. The topological polar surface area (TPSA) is 88.7 Å². The maximum atomic E-state index is 13.6. The van der Waals surface area contributed by atoms with Crippen molar-refractivity contribution in [2.75, 3.05) is 74.9 Å². The summed E-state index contributed by atoms with van der Waals surface area (Å²) in [6.45, 7) is 7.93. The van der Waals surface area contributed by atoms with Crippen molar-refractivity contribution >= 4 is 29.2 Å². The van der Waals surface area contributed by atoms with Crippen LogP contribution in [0.15, 0.2) is 24.4 Å². The Hall–Kier alpha value is -3.28. The number of aromatic nitrogens is 2. The van der Waals surface area contributed by atoms with E-state index in [4.69, 9.17) is 0 Å². The van der Waals surface area contributed by atoms with E-state index in [1.807, 2.05) is 19.1 Å². The summed E-state index contributed by atoms with van der Waals surface area (Å²) in [6, 6.07) is 5.94. The summed E-state index contributed by atoms with van der Waals surface area (Å²) in [5.74, 6) is -0.187. The van der Waals surface area contributed by atoms with E-state index in [2.05, 4.69) is 48.8 Å². The number of hydrogen-bond acceptors (Lipinski definition) is 7. The Morgan fingerprint density at radius 2 is 1.92 bits per heavy atom. The fraction of sp³-hybridized carbons (Fsp3) is 0.560. The van der Waals surface area contributed by atoms with Gasteiger partial charge in [-0.25, -0.2) is 9.78 Å². The zero-order valence-electron chi connectivity index (χ0n) is 21.4. The summed E-state index contributed by atoms with van der Waals surface area (Å²) in [5.41, 5.74) is 2.01. The molecule has 2 aliphatic rings.